The number of nitrogens with one attached hydrogen (secondary N) is 1. The molecule has 8 nitrogen and oxygen atoms in total. The maximum Gasteiger partial charge on any atom is 0.407 e. The third kappa shape index (κ3) is 4.92. The second kappa shape index (κ2) is 9.57. The van der Waals surface area contributed by atoms with Gasteiger partial charge in [-0.2, -0.15) is 0 Å². The summed E-state index contributed by atoms with van der Waals surface area (Å²) in [4.78, 5) is 32.3. The quantitative estimate of drug-likeness (QED) is 0.421. The van der Waals surface area contributed by atoms with Crippen LogP contribution in [0.4, 0.5) is 4.79 Å². The number of rotatable bonds is 4. The van der Waals surface area contributed by atoms with E-state index >= 15 is 0 Å². The summed E-state index contributed by atoms with van der Waals surface area (Å²) in [7, 11) is 1.98. The van der Waals surface area contributed by atoms with Crippen molar-refractivity contribution in [1.82, 2.24) is 24.3 Å². The van der Waals surface area contributed by atoms with E-state index < -0.39 is 11.7 Å². The normalized spacial score (nSPS) is 16.4. The number of likely N-dealkylation sites (tertiary alicyclic amines) is 1. The number of hydrogen-bond donors (Lipinski definition) is 1. The van der Waals surface area contributed by atoms with Gasteiger partial charge in [-0.3, -0.25) is 4.79 Å². The molecule has 1 atom stereocenters. The minimum Gasteiger partial charge on any atom is -0.444 e. The number of hydrogen-bond acceptors (Lipinski definition) is 4. The van der Waals surface area contributed by atoms with E-state index in [0.29, 0.717) is 18.7 Å². The maximum atomic E-state index is 13.4. The van der Waals surface area contributed by atoms with Crippen LogP contribution in [0, 0.1) is 6.07 Å². The number of nitrogens with zero attached hydrogens (tertiary/aromatic N) is 4. The van der Waals surface area contributed by atoms with Crippen molar-refractivity contribution in [3.05, 3.63) is 54.1 Å². The first-order valence-corrected chi connectivity index (χ1v) is 12.9. The summed E-state index contributed by atoms with van der Waals surface area (Å²) in [6.07, 6.45) is 1.17. The van der Waals surface area contributed by atoms with Crippen LogP contribution in [-0.2, 0) is 18.3 Å². The standard InChI is InChI=1S/C29H34N5O3/c1-6-34-23-12-8-7-10-19(23)17-25(34)26-31-22-16-20(13-14-24(22)32(26)5)27(35)33-15-9-11-21(18-33)30-28(36)37-29(2,3)4/h7-8,10,12-13,16-17,21H,6,9,11,15,18H2,1-5H3,(H,30,36)/t21-/m1/s1. The van der Waals surface area contributed by atoms with Gasteiger partial charge in [0.15, 0.2) is 5.82 Å². The zero-order chi connectivity index (χ0) is 26.3. The molecule has 2 amide bonds. The van der Waals surface area contributed by atoms with Gasteiger partial charge in [-0.15, -0.1) is 0 Å². The van der Waals surface area contributed by atoms with Crippen LogP contribution >= 0.6 is 0 Å². The lowest BCUT2D eigenvalue weighted by Crippen LogP contribution is -2.50. The van der Waals surface area contributed by atoms with Crippen LogP contribution in [0.25, 0.3) is 33.5 Å². The van der Waals surface area contributed by atoms with Gasteiger partial charge in [-0.1, -0.05) is 18.2 Å². The number of benzene rings is 2. The number of alkyl carbamates (subject to hydrolysis) is 1. The Kier molecular flexibility index (Phi) is 6.43. The molecule has 37 heavy (non-hydrogen) atoms. The van der Waals surface area contributed by atoms with Gasteiger partial charge in [0.05, 0.1) is 16.7 Å². The molecule has 2 aromatic carbocycles. The minimum absolute atomic E-state index is 0.0799. The largest absolute Gasteiger partial charge is 0.444 e. The average molecular weight is 501 g/mol. The molecule has 3 heterocycles. The Morgan fingerprint density at radius 2 is 2.00 bits per heavy atom. The van der Waals surface area contributed by atoms with E-state index in [2.05, 4.69) is 41.1 Å². The van der Waals surface area contributed by atoms with Gasteiger partial charge < -0.3 is 24.1 Å². The summed E-state index contributed by atoms with van der Waals surface area (Å²) < 4.78 is 9.68. The predicted octanol–water partition coefficient (Wildman–Crippen LogP) is 5.14. The molecule has 1 radical (unpaired) electrons. The molecule has 0 unspecified atom stereocenters. The van der Waals surface area contributed by atoms with Crippen molar-refractivity contribution in [2.45, 2.75) is 58.7 Å². The van der Waals surface area contributed by atoms with E-state index in [4.69, 9.17) is 9.72 Å². The van der Waals surface area contributed by atoms with E-state index in [0.717, 1.165) is 41.9 Å². The highest BCUT2D eigenvalue weighted by atomic mass is 16.6. The molecule has 1 N–H and O–H groups in total. The van der Waals surface area contributed by atoms with Gasteiger partial charge in [0.25, 0.3) is 5.91 Å². The Morgan fingerprint density at radius 1 is 1.22 bits per heavy atom. The number of aryl methyl sites for hydroxylation is 2. The summed E-state index contributed by atoms with van der Waals surface area (Å²) in [6, 6.07) is 17.2. The SMILES string of the molecule is CCn1c(-c2nc3cc(C(=O)N4CCC[C@@H](NC(=O)OC(C)(C)C)C4)c[c]c3n2C)cc2ccccc21. The molecule has 1 saturated heterocycles. The van der Waals surface area contributed by atoms with Gasteiger partial charge >= 0.3 is 6.09 Å². The lowest BCUT2D eigenvalue weighted by atomic mass is 10.0. The molecular formula is C29H34N5O3. The van der Waals surface area contributed by atoms with E-state index in [1.807, 2.05) is 50.6 Å². The fourth-order valence-corrected chi connectivity index (χ4v) is 5.15. The number of amides is 2. The second-order valence-electron chi connectivity index (χ2n) is 10.7. The molecule has 4 aromatic rings. The number of piperidine rings is 1. The first-order chi connectivity index (χ1) is 17.6. The average Bonchev–Trinajstić information content (AvgIpc) is 3.39. The number of ether oxygens (including phenoxy) is 1. The van der Waals surface area contributed by atoms with Crippen LogP contribution < -0.4 is 5.32 Å². The van der Waals surface area contributed by atoms with E-state index in [-0.39, 0.29) is 11.9 Å². The summed E-state index contributed by atoms with van der Waals surface area (Å²) in [5.41, 5.74) is 3.78. The van der Waals surface area contributed by atoms with Crippen LogP contribution in [0.15, 0.2) is 42.5 Å². The minimum atomic E-state index is -0.563. The monoisotopic (exact) mass is 500 g/mol. The van der Waals surface area contributed by atoms with Crippen molar-refractivity contribution >= 4 is 33.9 Å². The number of aromatic nitrogens is 3. The van der Waals surface area contributed by atoms with Gasteiger partial charge in [0.2, 0.25) is 0 Å². The number of fused-ring (bicyclic) bond motifs is 2. The highest BCUT2D eigenvalue weighted by molar-refractivity contribution is 5.98. The van der Waals surface area contributed by atoms with Crippen LogP contribution in [-0.4, -0.2) is 55.8 Å². The lowest BCUT2D eigenvalue weighted by molar-refractivity contribution is 0.0452. The second-order valence-corrected chi connectivity index (χ2v) is 10.7. The third-order valence-corrected chi connectivity index (χ3v) is 6.81. The summed E-state index contributed by atoms with van der Waals surface area (Å²) in [6.45, 7) is 9.55. The molecule has 1 aliphatic rings. The van der Waals surface area contributed by atoms with Crippen LogP contribution in [0.2, 0.25) is 0 Å². The Hall–Kier alpha value is -3.81. The first-order valence-electron chi connectivity index (χ1n) is 12.9. The molecule has 1 aliphatic heterocycles. The zero-order valence-corrected chi connectivity index (χ0v) is 22.2. The van der Waals surface area contributed by atoms with Crippen molar-refractivity contribution in [3.63, 3.8) is 0 Å². The molecular weight excluding hydrogens is 466 g/mol. The predicted molar refractivity (Wildman–Crippen MR) is 144 cm³/mol. The number of carbonyl (C=O) groups excluding carboxylic acids is 2. The summed E-state index contributed by atoms with van der Waals surface area (Å²) in [5.74, 6) is 0.761. The first kappa shape index (κ1) is 24.9. The van der Waals surface area contributed by atoms with Gasteiger partial charge in [-0.05, 0) is 64.8 Å². The highest BCUT2D eigenvalue weighted by Gasteiger charge is 2.28. The number of imidazole rings is 1. The third-order valence-electron chi connectivity index (χ3n) is 6.81. The molecule has 0 spiro atoms. The fourth-order valence-electron chi connectivity index (χ4n) is 5.15. The van der Waals surface area contributed by atoms with Gasteiger partial charge in [0, 0.05) is 55.3 Å². The Morgan fingerprint density at radius 3 is 2.76 bits per heavy atom. The van der Waals surface area contributed by atoms with E-state index in [1.165, 1.54) is 10.9 Å². The smallest absolute Gasteiger partial charge is 0.407 e. The van der Waals surface area contributed by atoms with Gasteiger partial charge in [-0.25, -0.2) is 9.78 Å². The van der Waals surface area contributed by atoms with Crippen molar-refractivity contribution in [2.24, 2.45) is 7.05 Å². The van der Waals surface area contributed by atoms with Crippen molar-refractivity contribution in [1.29, 1.82) is 0 Å². The number of para-hydroxylation sites is 1. The zero-order valence-electron chi connectivity index (χ0n) is 22.2. The summed E-state index contributed by atoms with van der Waals surface area (Å²) >= 11 is 0. The Balaban J connectivity index is 1.39. The molecule has 8 heteroatoms. The van der Waals surface area contributed by atoms with Crippen molar-refractivity contribution in [3.8, 4) is 11.5 Å². The lowest BCUT2D eigenvalue weighted by Gasteiger charge is -2.33. The molecule has 0 aliphatic carbocycles. The van der Waals surface area contributed by atoms with E-state index in [9.17, 15) is 9.59 Å². The van der Waals surface area contributed by atoms with Crippen molar-refractivity contribution in [2.75, 3.05) is 13.1 Å². The number of carbonyl (C=O) groups is 2. The molecule has 0 bridgehead atoms. The molecule has 193 valence electrons. The van der Waals surface area contributed by atoms with Crippen molar-refractivity contribution < 1.29 is 14.3 Å². The molecule has 5 rings (SSSR count). The van der Waals surface area contributed by atoms with Gasteiger partial charge in [0.1, 0.15) is 5.60 Å². The maximum absolute atomic E-state index is 13.4. The topological polar surface area (TPSA) is 81.4 Å². The Labute approximate surface area is 217 Å². The highest BCUT2D eigenvalue weighted by Crippen LogP contribution is 2.30. The molecule has 1 fully saturated rings. The van der Waals surface area contributed by atoms with Crippen LogP contribution in [0.5, 0.6) is 0 Å². The van der Waals surface area contributed by atoms with Crippen LogP contribution in [0.3, 0.4) is 0 Å². The summed E-state index contributed by atoms with van der Waals surface area (Å²) in [5, 5.41) is 4.08. The molecule has 2 aromatic heterocycles. The fraction of sp³-hybridized carbons (Fsp3) is 0.414. The molecule has 0 saturated carbocycles. The van der Waals surface area contributed by atoms with E-state index in [1.54, 1.807) is 11.0 Å². The Bertz CT molecular complexity index is 1480. The van der Waals surface area contributed by atoms with Crippen LogP contribution in [0.1, 0.15) is 50.9 Å².